The SMILES string of the molecule is Cc1noc(C=Cc2ccccc2)c1N=CC=Cc1ccccc1. The molecular weight excluding hydrogens is 296 g/mol. The Morgan fingerprint density at radius 1 is 0.833 bits per heavy atom. The summed E-state index contributed by atoms with van der Waals surface area (Å²) in [4.78, 5) is 4.47. The molecule has 0 fully saturated rings. The van der Waals surface area contributed by atoms with E-state index in [2.05, 4.69) is 10.1 Å². The Labute approximate surface area is 141 Å². The number of hydrogen-bond donors (Lipinski definition) is 0. The molecule has 0 saturated carbocycles. The lowest BCUT2D eigenvalue weighted by Gasteiger charge is -1.92. The van der Waals surface area contributed by atoms with Crippen LogP contribution in [0.15, 0.2) is 76.3 Å². The van der Waals surface area contributed by atoms with Gasteiger partial charge in [0.15, 0.2) is 5.76 Å². The summed E-state index contributed by atoms with van der Waals surface area (Å²) in [5.74, 6) is 0.653. The summed E-state index contributed by atoms with van der Waals surface area (Å²) in [5.41, 5.74) is 3.76. The predicted molar refractivity (Wildman–Crippen MR) is 100 cm³/mol. The van der Waals surface area contributed by atoms with Gasteiger partial charge in [0, 0.05) is 6.21 Å². The van der Waals surface area contributed by atoms with Crippen molar-refractivity contribution in [3.05, 3.63) is 89.3 Å². The Hall–Kier alpha value is -3.20. The van der Waals surface area contributed by atoms with Crippen molar-refractivity contribution in [1.29, 1.82) is 0 Å². The van der Waals surface area contributed by atoms with Crippen LogP contribution in [-0.2, 0) is 0 Å². The number of allylic oxidation sites excluding steroid dienone is 1. The second-order valence-corrected chi connectivity index (χ2v) is 5.27. The largest absolute Gasteiger partial charge is 0.354 e. The van der Waals surface area contributed by atoms with Crippen LogP contribution in [-0.4, -0.2) is 11.4 Å². The Balaban J connectivity index is 1.74. The molecule has 118 valence electrons. The Kier molecular flexibility index (Phi) is 5.15. The van der Waals surface area contributed by atoms with Gasteiger partial charge in [-0.3, -0.25) is 4.99 Å². The first-order chi connectivity index (χ1) is 11.8. The highest BCUT2D eigenvalue weighted by atomic mass is 16.5. The average molecular weight is 314 g/mol. The molecule has 0 saturated heterocycles. The Morgan fingerprint density at radius 3 is 2.12 bits per heavy atom. The smallest absolute Gasteiger partial charge is 0.185 e. The van der Waals surface area contributed by atoms with Crippen LogP contribution in [0.1, 0.15) is 22.6 Å². The van der Waals surface area contributed by atoms with Crippen LogP contribution >= 0.6 is 0 Å². The van der Waals surface area contributed by atoms with Crippen LogP contribution in [0.25, 0.3) is 18.2 Å². The molecule has 0 aliphatic heterocycles. The standard InChI is InChI=1S/C21H18N2O/c1-17-21(22-16-8-13-18-9-4-2-5-10-18)20(24-23-17)15-14-19-11-6-3-7-12-19/h2-16H,1H3. The molecule has 0 atom stereocenters. The third-order valence-corrected chi connectivity index (χ3v) is 3.46. The van der Waals surface area contributed by atoms with Gasteiger partial charge < -0.3 is 4.52 Å². The van der Waals surface area contributed by atoms with E-state index in [1.807, 2.05) is 91.9 Å². The van der Waals surface area contributed by atoms with Crippen molar-refractivity contribution in [2.45, 2.75) is 6.92 Å². The van der Waals surface area contributed by atoms with Crippen molar-refractivity contribution in [3.8, 4) is 0 Å². The monoisotopic (exact) mass is 314 g/mol. The molecule has 0 unspecified atom stereocenters. The van der Waals surface area contributed by atoms with E-state index in [1.54, 1.807) is 6.21 Å². The second-order valence-electron chi connectivity index (χ2n) is 5.27. The first-order valence-corrected chi connectivity index (χ1v) is 7.78. The van der Waals surface area contributed by atoms with Gasteiger partial charge in [-0.2, -0.15) is 0 Å². The normalized spacial score (nSPS) is 11.9. The fourth-order valence-corrected chi connectivity index (χ4v) is 2.22. The molecule has 1 aromatic heterocycles. The van der Waals surface area contributed by atoms with Crippen molar-refractivity contribution in [1.82, 2.24) is 5.16 Å². The second kappa shape index (κ2) is 7.88. The zero-order chi connectivity index (χ0) is 16.6. The van der Waals surface area contributed by atoms with Gasteiger partial charge in [0.05, 0.1) is 0 Å². The van der Waals surface area contributed by atoms with Gasteiger partial charge in [0.25, 0.3) is 0 Å². The highest BCUT2D eigenvalue weighted by Crippen LogP contribution is 2.25. The van der Waals surface area contributed by atoms with Crippen molar-refractivity contribution < 1.29 is 4.52 Å². The molecule has 0 N–H and O–H groups in total. The summed E-state index contributed by atoms with van der Waals surface area (Å²) in [7, 11) is 0. The highest BCUT2D eigenvalue weighted by Gasteiger charge is 2.08. The van der Waals surface area contributed by atoms with Crippen LogP contribution in [0.5, 0.6) is 0 Å². The van der Waals surface area contributed by atoms with E-state index in [0.29, 0.717) is 5.76 Å². The molecule has 3 rings (SSSR count). The molecule has 0 radical (unpaired) electrons. The summed E-state index contributed by atoms with van der Waals surface area (Å²) in [6.07, 6.45) is 9.55. The lowest BCUT2D eigenvalue weighted by molar-refractivity contribution is 0.408. The molecule has 0 aliphatic carbocycles. The van der Waals surface area contributed by atoms with E-state index in [1.165, 1.54) is 0 Å². The number of nitrogens with zero attached hydrogens (tertiary/aromatic N) is 2. The lowest BCUT2D eigenvalue weighted by Crippen LogP contribution is -1.74. The van der Waals surface area contributed by atoms with Crippen LogP contribution in [0.4, 0.5) is 5.69 Å². The van der Waals surface area contributed by atoms with Crippen LogP contribution in [0.2, 0.25) is 0 Å². The summed E-state index contributed by atoms with van der Waals surface area (Å²) in [5, 5.41) is 4.00. The zero-order valence-electron chi connectivity index (χ0n) is 13.5. The first-order valence-electron chi connectivity index (χ1n) is 7.78. The number of rotatable bonds is 5. The third-order valence-electron chi connectivity index (χ3n) is 3.46. The topological polar surface area (TPSA) is 38.4 Å². The molecule has 3 heteroatoms. The van der Waals surface area contributed by atoms with Crippen LogP contribution in [0.3, 0.4) is 0 Å². The molecule has 2 aromatic carbocycles. The fraction of sp³-hybridized carbons (Fsp3) is 0.0476. The van der Waals surface area contributed by atoms with Crippen LogP contribution in [0, 0.1) is 6.92 Å². The molecule has 0 bridgehead atoms. The van der Waals surface area contributed by atoms with E-state index in [-0.39, 0.29) is 0 Å². The van der Waals surface area contributed by atoms with E-state index in [4.69, 9.17) is 4.52 Å². The van der Waals surface area contributed by atoms with Crippen molar-refractivity contribution in [2.24, 2.45) is 4.99 Å². The third kappa shape index (κ3) is 4.17. The summed E-state index contributed by atoms with van der Waals surface area (Å²) in [6, 6.07) is 20.2. The maximum Gasteiger partial charge on any atom is 0.185 e. The number of hydrogen-bond acceptors (Lipinski definition) is 3. The highest BCUT2D eigenvalue weighted by molar-refractivity contribution is 5.82. The van der Waals surface area contributed by atoms with Crippen molar-refractivity contribution in [3.63, 3.8) is 0 Å². The maximum atomic E-state index is 5.36. The molecular formula is C21H18N2O. The molecule has 0 spiro atoms. The molecule has 3 aromatic rings. The zero-order valence-corrected chi connectivity index (χ0v) is 13.5. The van der Waals surface area contributed by atoms with Crippen LogP contribution < -0.4 is 0 Å². The minimum Gasteiger partial charge on any atom is -0.354 e. The molecule has 3 nitrogen and oxygen atoms in total. The molecule has 24 heavy (non-hydrogen) atoms. The van der Waals surface area contributed by atoms with Crippen molar-refractivity contribution >= 4 is 30.1 Å². The van der Waals surface area contributed by atoms with Gasteiger partial charge in [0.2, 0.25) is 0 Å². The average Bonchev–Trinajstić information content (AvgIpc) is 2.99. The summed E-state index contributed by atoms with van der Waals surface area (Å²) >= 11 is 0. The maximum absolute atomic E-state index is 5.36. The van der Waals surface area contributed by atoms with Gasteiger partial charge in [0.1, 0.15) is 11.4 Å². The van der Waals surface area contributed by atoms with E-state index in [9.17, 15) is 0 Å². The Bertz CT molecular complexity index is 859. The lowest BCUT2D eigenvalue weighted by atomic mass is 10.2. The van der Waals surface area contributed by atoms with Gasteiger partial charge in [-0.15, -0.1) is 0 Å². The number of aliphatic imine (C=N–C) groups is 1. The molecule has 0 amide bonds. The Morgan fingerprint density at radius 2 is 1.46 bits per heavy atom. The fourth-order valence-electron chi connectivity index (χ4n) is 2.22. The van der Waals surface area contributed by atoms with Gasteiger partial charge in [-0.05, 0) is 30.2 Å². The minimum absolute atomic E-state index is 0.653. The van der Waals surface area contributed by atoms with E-state index >= 15 is 0 Å². The van der Waals surface area contributed by atoms with Gasteiger partial charge in [-0.25, -0.2) is 0 Å². The van der Waals surface area contributed by atoms with Gasteiger partial charge in [-0.1, -0.05) is 78.0 Å². The number of benzene rings is 2. The molecule has 0 aliphatic rings. The van der Waals surface area contributed by atoms with E-state index < -0.39 is 0 Å². The summed E-state index contributed by atoms with van der Waals surface area (Å²) < 4.78 is 5.36. The molecule has 1 heterocycles. The number of aryl methyl sites for hydroxylation is 1. The number of aromatic nitrogens is 1. The summed E-state index contributed by atoms with van der Waals surface area (Å²) in [6.45, 7) is 1.89. The van der Waals surface area contributed by atoms with Crippen molar-refractivity contribution in [2.75, 3.05) is 0 Å². The first kappa shape index (κ1) is 15.7. The van der Waals surface area contributed by atoms with Gasteiger partial charge >= 0.3 is 0 Å². The minimum atomic E-state index is 0.653. The quantitative estimate of drug-likeness (QED) is 0.577. The van der Waals surface area contributed by atoms with E-state index in [0.717, 1.165) is 22.5 Å². The predicted octanol–water partition coefficient (Wildman–Crippen LogP) is 5.57.